The van der Waals surface area contributed by atoms with Gasteiger partial charge < -0.3 is 0 Å². The number of rotatable bonds is 4. The van der Waals surface area contributed by atoms with Crippen LogP contribution in [-0.2, 0) is 4.57 Å². The lowest BCUT2D eigenvalue weighted by atomic mass is 9.85. The van der Waals surface area contributed by atoms with Crippen molar-refractivity contribution in [2.75, 3.05) is 0 Å². The number of benzene rings is 6. The maximum absolute atomic E-state index is 11.4. The molecule has 6 aromatic rings. The molecule has 6 aromatic carbocycles. The first-order chi connectivity index (χ1) is 16.8. The fourth-order valence-corrected chi connectivity index (χ4v) is 5.29. The molecule has 0 fully saturated rings. The summed E-state index contributed by atoms with van der Waals surface area (Å²) in [6.07, 6.45) is 0. The minimum Gasteiger partial charge on any atom is -0.269 e. The Labute approximate surface area is 200 Å². The summed E-state index contributed by atoms with van der Waals surface area (Å²) >= 11 is 0. The summed E-state index contributed by atoms with van der Waals surface area (Å²) in [4.78, 5) is 0. The third kappa shape index (κ3) is 3.52. The Hall–Kier alpha value is -4.06. The highest BCUT2D eigenvalue weighted by Crippen LogP contribution is 2.43. The van der Waals surface area contributed by atoms with Crippen LogP contribution in [-0.4, -0.2) is 0 Å². The van der Waals surface area contributed by atoms with Crippen molar-refractivity contribution in [2.45, 2.75) is 0 Å². The van der Waals surface area contributed by atoms with E-state index < -0.39 is 0 Å². The zero-order valence-corrected chi connectivity index (χ0v) is 19.4. The second kappa shape index (κ2) is 8.71. The molecule has 0 heterocycles. The van der Waals surface area contributed by atoms with E-state index in [4.69, 9.17) is 0 Å². The molecule has 0 amide bonds. The second-order valence-corrected chi connectivity index (χ2v) is 9.13. The van der Waals surface area contributed by atoms with Crippen molar-refractivity contribution in [2.24, 2.45) is 0 Å². The van der Waals surface area contributed by atoms with E-state index >= 15 is 0 Å². The predicted octanol–water partition coefficient (Wildman–Crippen LogP) is 8.91. The number of hydrogen-bond acceptors (Lipinski definition) is 1. The van der Waals surface area contributed by atoms with Gasteiger partial charge in [-0.05, 0) is 73.1 Å². The van der Waals surface area contributed by atoms with Crippen LogP contribution in [0, 0.1) is 0 Å². The molecule has 0 saturated carbocycles. The van der Waals surface area contributed by atoms with E-state index in [1.54, 1.807) is 0 Å². The maximum Gasteiger partial charge on any atom is 0.192 e. The van der Waals surface area contributed by atoms with Crippen molar-refractivity contribution in [1.82, 2.24) is 0 Å². The van der Waals surface area contributed by atoms with Crippen LogP contribution in [0.1, 0.15) is 0 Å². The van der Waals surface area contributed by atoms with E-state index in [2.05, 4.69) is 109 Å². The second-order valence-electron chi connectivity index (χ2n) is 8.43. The minimum absolute atomic E-state index is 0.0407. The third-order valence-corrected chi connectivity index (χ3v) is 6.92. The standard InChI is InChI=1S/C32H21OP/c33-34-26-15-9-13-24(21-26)23-12-8-14-25(20-23)32-29-18-6-4-16-27(29)31(22-10-2-1-3-11-22)28-17-5-7-19-30(28)32/h1-21H. The van der Waals surface area contributed by atoms with Gasteiger partial charge in [-0.3, -0.25) is 4.57 Å². The molecule has 0 spiro atoms. The minimum atomic E-state index is 0.0407. The molecule has 0 radical (unpaired) electrons. The average molecular weight is 452 g/mol. The molecule has 6 rings (SSSR count). The van der Waals surface area contributed by atoms with Crippen LogP contribution in [0.2, 0.25) is 0 Å². The maximum atomic E-state index is 11.4. The highest BCUT2D eigenvalue weighted by atomic mass is 31.1. The number of hydrogen-bond donors (Lipinski definition) is 0. The van der Waals surface area contributed by atoms with E-state index in [9.17, 15) is 4.57 Å². The van der Waals surface area contributed by atoms with Crippen molar-refractivity contribution < 1.29 is 4.57 Å². The van der Waals surface area contributed by atoms with Crippen LogP contribution in [0.3, 0.4) is 0 Å². The summed E-state index contributed by atoms with van der Waals surface area (Å²) < 4.78 is 11.4. The lowest BCUT2D eigenvalue weighted by Gasteiger charge is -2.18. The molecule has 0 aromatic heterocycles. The lowest BCUT2D eigenvalue weighted by Crippen LogP contribution is -1.92. The predicted molar refractivity (Wildman–Crippen MR) is 145 cm³/mol. The normalized spacial score (nSPS) is 11.3. The molecule has 34 heavy (non-hydrogen) atoms. The SMILES string of the molecule is O=Pc1cccc(-c2cccc(-c3c4ccccc4c(-c4ccccc4)c4ccccc34)c2)c1. The largest absolute Gasteiger partial charge is 0.269 e. The van der Waals surface area contributed by atoms with E-state index in [0.717, 1.165) is 16.4 Å². The highest BCUT2D eigenvalue weighted by Gasteiger charge is 2.16. The Morgan fingerprint density at radius 2 is 0.824 bits per heavy atom. The molecule has 0 aliphatic carbocycles. The van der Waals surface area contributed by atoms with Gasteiger partial charge in [-0.25, -0.2) is 0 Å². The average Bonchev–Trinajstić information content (AvgIpc) is 2.92. The fourth-order valence-electron chi connectivity index (χ4n) is 4.95. The van der Waals surface area contributed by atoms with Crippen LogP contribution in [0.5, 0.6) is 0 Å². The van der Waals surface area contributed by atoms with Crippen molar-refractivity contribution in [3.8, 4) is 33.4 Å². The summed E-state index contributed by atoms with van der Waals surface area (Å²) in [5.74, 6) is 0. The highest BCUT2D eigenvalue weighted by molar-refractivity contribution is 7.34. The zero-order valence-electron chi connectivity index (χ0n) is 18.5. The molecule has 0 aliphatic heterocycles. The van der Waals surface area contributed by atoms with Crippen molar-refractivity contribution in [3.05, 3.63) is 127 Å². The van der Waals surface area contributed by atoms with E-state index in [0.29, 0.717) is 0 Å². The first-order valence-electron chi connectivity index (χ1n) is 11.4. The Bertz CT molecular complexity index is 1610. The molecule has 160 valence electrons. The van der Waals surface area contributed by atoms with Crippen LogP contribution < -0.4 is 5.30 Å². The molecule has 2 heteroatoms. The lowest BCUT2D eigenvalue weighted by molar-refractivity contribution is 0.603. The molecule has 1 nitrogen and oxygen atoms in total. The fraction of sp³-hybridized carbons (Fsp3) is 0. The number of fused-ring (bicyclic) bond motifs is 2. The van der Waals surface area contributed by atoms with Gasteiger partial charge in [-0.1, -0.05) is 109 Å². The Balaban J connectivity index is 1.67. The van der Waals surface area contributed by atoms with Gasteiger partial charge in [0.05, 0.1) is 0 Å². The summed E-state index contributed by atoms with van der Waals surface area (Å²) in [7, 11) is 0.0407. The van der Waals surface area contributed by atoms with Crippen molar-refractivity contribution >= 4 is 35.3 Å². The monoisotopic (exact) mass is 452 g/mol. The molecule has 0 unspecified atom stereocenters. The summed E-state index contributed by atoms with van der Waals surface area (Å²) in [6.45, 7) is 0. The molecule has 0 aliphatic rings. The Morgan fingerprint density at radius 1 is 0.382 bits per heavy atom. The van der Waals surface area contributed by atoms with Crippen molar-refractivity contribution in [3.63, 3.8) is 0 Å². The zero-order chi connectivity index (χ0) is 22.9. The first kappa shape index (κ1) is 20.5. The van der Waals surface area contributed by atoms with Gasteiger partial charge in [0, 0.05) is 5.30 Å². The topological polar surface area (TPSA) is 17.1 Å². The first-order valence-corrected chi connectivity index (χ1v) is 12.2. The van der Waals surface area contributed by atoms with Gasteiger partial charge in [-0.15, -0.1) is 0 Å². The molecular formula is C32H21OP. The smallest absolute Gasteiger partial charge is 0.192 e. The summed E-state index contributed by atoms with van der Waals surface area (Å²) in [5, 5.41) is 5.76. The van der Waals surface area contributed by atoms with Gasteiger partial charge in [-0.2, -0.15) is 0 Å². The Morgan fingerprint density at radius 3 is 1.41 bits per heavy atom. The molecule has 0 saturated heterocycles. The van der Waals surface area contributed by atoms with Gasteiger partial charge in [0.1, 0.15) is 0 Å². The third-order valence-electron chi connectivity index (χ3n) is 6.43. The van der Waals surface area contributed by atoms with Gasteiger partial charge in [0.25, 0.3) is 0 Å². The summed E-state index contributed by atoms with van der Waals surface area (Å²) in [6, 6.07) is 44.6. The van der Waals surface area contributed by atoms with Crippen LogP contribution in [0.4, 0.5) is 0 Å². The molecule has 0 atom stereocenters. The van der Waals surface area contributed by atoms with Gasteiger partial charge >= 0.3 is 0 Å². The van der Waals surface area contributed by atoms with Crippen molar-refractivity contribution in [1.29, 1.82) is 0 Å². The van der Waals surface area contributed by atoms with Gasteiger partial charge in [0.2, 0.25) is 0 Å². The van der Waals surface area contributed by atoms with Gasteiger partial charge in [0.15, 0.2) is 8.46 Å². The summed E-state index contributed by atoms with van der Waals surface area (Å²) in [5.41, 5.74) is 7.10. The van der Waals surface area contributed by atoms with E-state index in [1.807, 2.05) is 18.2 Å². The Kier molecular flexibility index (Phi) is 5.26. The van der Waals surface area contributed by atoms with Crippen LogP contribution in [0.15, 0.2) is 127 Å². The molecular weight excluding hydrogens is 431 g/mol. The molecule has 0 N–H and O–H groups in total. The van der Waals surface area contributed by atoms with E-state index in [-0.39, 0.29) is 8.46 Å². The quantitative estimate of drug-likeness (QED) is 0.193. The van der Waals surface area contributed by atoms with Crippen LogP contribution >= 0.6 is 8.46 Å². The van der Waals surface area contributed by atoms with E-state index in [1.165, 1.54) is 43.8 Å². The molecule has 0 bridgehead atoms. The van der Waals surface area contributed by atoms with Crippen LogP contribution in [0.25, 0.3) is 54.9 Å².